The van der Waals surface area contributed by atoms with Crippen LogP contribution in [0.4, 0.5) is 0 Å². The second-order valence-corrected chi connectivity index (χ2v) is 2.17. The third-order valence-electron chi connectivity index (χ3n) is 0.944. The average Bonchev–Trinajstić information content (AvgIpc) is 2.04. The van der Waals surface area contributed by atoms with Gasteiger partial charge in [-0.25, -0.2) is 0 Å². The number of thiocarbonyl (C=S) groups is 1. The lowest BCUT2D eigenvalue weighted by atomic mass is 10.6. The molecule has 0 bridgehead atoms. The molecule has 0 aliphatic carbocycles. The summed E-state index contributed by atoms with van der Waals surface area (Å²) in [6.45, 7) is 1.61. The molecule has 0 radical (unpaired) electrons. The fourth-order valence-electron chi connectivity index (χ4n) is 0.456. The van der Waals surface area contributed by atoms with Crippen molar-refractivity contribution in [1.82, 2.24) is 10.6 Å². The number of hydrogen-bond acceptors (Lipinski definition) is 2. The van der Waals surface area contributed by atoms with Gasteiger partial charge in [0.2, 0.25) is 0 Å². The highest BCUT2D eigenvalue weighted by Gasteiger charge is 1.88. The van der Waals surface area contributed by atoms with Crippen LogP contribution in [0.2, 0.25) is 0 Å². The van der Waals surface area contributed by atoms with Gasteiger partial charge >= 0.3 is 0 Å². The van der Waals surface area contributed by atoms with E-state index in [9.17, 15) is 0 Å². The lowest BCUT2D eigenvalue weighted by Gasteiger charge is -2.05. The Morgan fingerprint density at radius 1 is 1.73 bits per heavy atom. The van der Waals surface area contributed by atoms with E-state index < -0.39 is 0 Å². The normalized spacial score (nSPS) is 8.36. The molecule has 0 atom stereocenters. The molecule has 0 fully saturated rings. The van der Waals surface area contributed by atoms with Crippen molar-refractivity contribution >= 4 is 17.3 Å². The largest absolute Gasteiger partial charge is 0.367 e. The molecule has 11 heavy (non-hydrogen) atoms. The van der Waals surface area contributed by atoms with Gasteiger partial charge in [0.15, 0.2) is 5.11 Å². The van der Waals surface area contributed by atoms with E-state index in [0.717, 1.165) is 0 Å². The highest BCUT2D eigenvalue weighted by molar-refractivity contribution is 7.80. The molecule has 0 aromatic heterocycles. The van der Waals surface area contributed by atoms with Crippen LogP contribution >= 0.6 is 12.2 Å². The molecule has 62 valence electrons. The fourth-order valence-corrected chi connectivity index (χ4v) is 0.558. The van der Waals surface area contributed by atoms with Gasteiger partial charge in [0, 0.05) is 13.6 Å². The second-order valence-electron chi connectivity index (χ2n) is 1.76. The van der Waals surface area contributed by atoms with E-state index in [1.54, 1.807) is 7.05 Å². The van der Waals surface area contributed by atoms with Crippen LogP contribution in [0.25, 0.3) is 0 Å². The van der Waals surface area contributed by atoms with Crippen molar-refractivity contribution in [3.8, 4) is 12.3 Å². The third-order valence-corrected chi connectivity index (χ3v) is 1.29. The maximum absolute atomic E-state index is 4.99. The van der Waals surface area contributed by atoms with E-state index in [-0.39, 0.29) is 0 Å². The summed E-state index contributed by atoms with van der Waals surface area (Å²) in [5.41, 5.74) is 0. The first kappa shape index (κ1) is 10.2. The molecule has 0 amide bonds. The molecule has 0 heterocycles. The Morgan fingerprint density at radius 2 is 2.45 bits per heavy atom. The molecule has 0 unspecified atom stereocenters. The second kappa shape index (κ2) is 7.32. The molecule has 4 heteroatoms. The lowest BCUT2D eigenvalue weighted by molar-refractivity contribution is 0.172. The van der Waals surface area contributed by atoms with Crippen LogP contribution in [0, 0.1) is 12.3 Å². The molecule has 0 aliphatic heterocycles. The lowest BCUT2D eigenvalue weighted by Crippen LogP contribution is -2.34. The smallest absolute Gasteiger partial charge is 0.166 e. The molecule has 0 saturated carbocycles. The Hall–Kier alpha value is -0.790. The zero-order valence-electron chi connectivity index (χ0n) is 6.52. The van der Waals surface area contributed by atoms with Gasteiger partial charge in [-0.2, -0.15) is 0 Å². The van der Waals surface area contributed by atoms with E-state index in [4.69, 9.17) is 23.4 Å². The van der Waals surface area contributed by atoms with Crippen molar-refractivity contribution in [2.45, 2.75) is 0 Å². The van der Waals surface area contributed by atoms with E-state index in [2.05, 4.69) is 16.6 Å². The van der Waals surface area contributed by atoms with Crippen molar-refractivity contribution < 1.29 is 4.74 Å². The van der Waals surface area contributed by atoms with Gasteiger partial charge in [-0.1, -0.05) is 5.92 Å². The van der Waals surface area contributed by atoms with Gasteiger partial charge < -0.3 is 15.4 Å². The molecule has 0 rings (SSSR count). The van der Waals surface area contributed by atoms with Gasteiger partial charge in [0.05, 0.1) is 6.61 Å². The van der Waals surface area contributed by atoms with Crippen molar-refractivity contribution in [2.75, 3.05) is 26.8 Å². The third kappa shape index (κ3) is 7.10. The highest BCUT2D eigenvalue weighted by Crippen LogP contribution is 1.70. The molecule has 0 saturated heterocycles. The van der Waals surface area contributed by atoms with Crippen LogP contribution in [0.5, 0.6) is 0 Å². The Bertz CT molecular complexity index is 153. The van der Waals surface area contributed by atoms with Crippen molar-refractivity contribution in [3.63, 3.8) is 0 Å². The molecule has 0 aromatic rings. The zero-order chi connectivity index (χ0) is 8.53. The summed E-state index contributed by atoms with van der Waals surface area (Å²) < 4.78 is 4.99. The molecular formula is C7H12N2OS. The van der Waals surface area contributed by atoms with E-state index in [1.807, 2.05) is 0 Å². The van der Waals surface area contributed by atoms with Gasteiger partial charge in [0.1, 0.15) is 6.61 Å². The maximum Gasteiger partial charge on any atom is 0.166 e. The van der Waals surface area contributed by atoms with Crippen molar-refractivity contribution in [1.29, 1.82) is 0 Å². The van der Waals surface area contributed by atoms with Gasteiger partial charge in [-0.3, -0.25) is 0 Å². The Labute approximate surface area is 72.5 Å². The molecule has 3 nitrogen and oxygen atoms in total. The van der Waals surface area contributed by atoms with Crippen LogP contribution in [0.1, 0.15) is 0 Å². The molecule has 2 N–H and O–H groups in total. The van der Waals surface area contributed by atoms with Gasteiger partial charge in [-0.05, 0) is 12.2 Å². The van der Waals surface area contributed by atoms with Crippen LogP contribution in [-0.4, -0.2) is 31.9 Å². The standard InChI is InChI=1S/C7H12N2OS/c1-3-5-10-6-4-9-7(11)8-2/h1H,4-6H2,2H3,(H2,8,9,11). The Balaban J connectivity index is 3.03. The molecule has 0 aromatic carbocycles. The quantitative estimate of drug-likeness (QED) is 0.347. The molecule has 0 spiro atoms. The number of ether oxygens (including phenoxy) is 1. The van der Waals surface area contributed by atoms with Crippen LogP contribution in [0.3, 0.4) is 0 Å². The number of terminal acetylenes is 1. The Morgan fingerprint density at radius 3 is 3.00 bits per heavy atom. The van der Waals surface area contributed by atoms with Crippen molar-refractivity contribution in [3.05, 3.63) is 0 Å². The van der Waals surface area contributed by atoms with E-state index in [0.29, 0.717) is 24.9 Å². The number of hydrogen-bond donors (Lipinski definition) is 2. The summed E-state index contributed by atoms with van der Waals surface area (Å²) >= 11 is 4.82. The first-order valence-electron chi connectivity index (χ1n) is 3.28. The zero-order valence-corrected chi connectivity index (χ0v) is 7.33. The fraction of sp³-hybridized carbons (Fsp3) is 0.571. The summed E-state index contributed by atoms with van der Waals surface area (Å²) in [6, 6.07) is 0. The first-order chi connectivity index (χ1) is 5.31. The monoisotopic (exact) mass is 172 g/mol. The summed E-state index contributed by atoms with van der Waals surface area (Å²) in [7, 11) is 1.76. The minimum atomic E-state index is 0.355. The minimum Gasteiger partial charge on any atom is -0.367 e. The SMILES string of the molecule is C#CCOCCNC(=S)NC. The summed E-state index contributed by atoms with van der Waals surface area (Å²) in [5.74, 6) is 2.37. The van der Waals surface area contributed by atoms with E-state index >= 15 is 0 Å². The summed E-state index contributed by atoms with van der Waals surface area (Å²) in [4.78, 5) is 0. The summed E-state index contributed by atoms with van der Waals surface area (Å²) in [5, 5.41) is 6.32. The molecule has 0 aliphatic rings. The highest BCUT2D eigenvalue weighted by atomic mass is 32.1. The summed E-state index contributed by atoms with van der Waals surface area (Å²) in [6.07, 6.45) is 4.96. The number of nitrogens with one attached hydrogen (secondary N) is 2. The first-order valence-corrected chi connectivity index (χ1v) is 3.69. The minimum absolute atomic E-state index is 0.355. The predicted molar refractivity (Wildman–Crippen MR) is 49.3 cm³/mol. The van der Waals surface area contributed by atoms with Crippen LogP contribution < -0.4 is 10.6 Å². The maximum atomic E-state index is 4.99. The van der Waals surface area contributed by atoms with E-state index in [1.165, 1.54) is 0 Å². The molecular weight excluding hydrogens is 160 g/mol. The van der Waals surface area contributed by atoms with Gasteiger partial charge in [0.25, 0.3) is 0 Å². The number of rotatable bonds is 4. The van der Waals surface area contributed by atoms with Crippen LogP contribution in [0.15, 0.2) is 0 Å². The predicted octanol–water partition coefficient (Wildman–Crippen LogP) is -0.270. The van der Waals surface area contributed by atoms with Crippen LogP contribution in [-0.2, 0) is 4.74 Å². The topological polar surface area (TPSA) is 33.3 Å². The van der Waals surface area contributed by atoms with Crippen molar-refractivity contribution in [2.24, 2.45) is 0 Å². The Kier molecular flexibility index (Phi) is 6.79. The van der Waals surface area contributed by atoms with Gasteiger partial charge in [-0.15, -0.1) is 6.42 Å². The average molecular weight is 172 g/mol.